The van der Waals surface area contributed by atoms with Crippen LogP contribution in [0.1, 0.15) is 51.9 Å². The van der Waals surface area contributed by atoms with Gasteiger partial charge in [-0.1, -0.05) is 32.6 Å². The van der Waals surface area contributed by atoms with Crippen molar-refractivity contribution in [3.63, 3.8) is 0 Å². The molecular formula is C15H24N2O2. The molecule has 1 amide bonds. The maximum absolute atomic E-state index is 12.8. The van der Waals surface area contributed by atoms with Gasteiger partial charge >= 0.3 is 0 Å². The fraction of sp³-hybridized carbons (Fsp3) is 0.867. The summed E-state index contributed by atoms with van der Waals surface area (Å²) in [5.74, 6) is 0.302. The van der Waals surface area contributed by atoms with Crippen molar-refractivity contribution in [1.82, 2.24) is 4.90 Å². The summed E-state index contributed by atoms with van der Waals surface area (Å²) in [6.07, 6.45) is 6.47. The first-order valence-electron chi connectivity index (χ1n) is 7.48. The van der Waals surface area contributed by atoms with Gasteiger partial charge in [-0.15, -0.1) is 0 Å². The van der Waals surface area contributed by atoms with E-state index in [1.54, 1.807) is 4.90 Å². The highest BCUT2D eigenvalue weighted by Crippen LogP contribution is 2.38. The topological polar surface area (TPSA) is 64.3 Å². The number of aliphatic hydroxyl groups is 1. The van der Waals surface area contributed by atoms with Crippen LogP contribution < -0.4 is 0 Å². The molecule has 1 N–H and O–H groups in total. The third kappa shape index (κ3) is 2.62. The molecule has 0 aromatic rings. The zero-order chi connectivity index (χ0) is 13.9. The highest BCUT2D eigenvalue weighted by Gasteiger charge is 2.45. The first-order chi connectivity index (χ1) is 9.14. The molecule has 106 valence electrons. The van der Waals surface area contributed by atoms with E-state index in [1.807, 2.05) is 0 Å². The number of nitrogens with zero attached hydrogens (tertiary/aromatic N) is 2. The highest BCUT2D eigenvalue weighted by molar-refractivity contribution is 5.86. The third-order valence-corrected chi connectivity index (χ3v) is 4.91. The molecule has 2 unspecified atom stereocenters. The molecule has 2 atom stereocenters. The molecule has 0 radical (unpaired) electrons. The second-order valence-electron chi connectivity index (χ2n) is 6.12. The van der Waals surface area contributed by atoms with Crippen LogP contribution in [0, 0.1) is 22.7 Å². The Bertz CT molecular complexity index is 367. The summed E-state index contributed by atoms with van der Waals surface area (Å²) in [4.78, 5) is 14.6. The maximum Gasteiger partial charge on any atom is 0.243 e. The monoisotopic (exact) mass is 264 g/mol. The summed E-state index contributed by atoms with van der Waals surface area (Å²) in [5, 5.41) is 19.1. The Morgan fingerprint density at radius 1 is 1.37 bits per heavy atom. The van der Waals surface area contributed by atoms with E-state index in [9.17, 15) is 15.2 Å². The predicted molar refractivity (Wildman–Crippen MR) is 72.1 cm³/mol. The molecule has 4 nitrogen and oxygen atoms in total. The van der Waals surface area contributed by atoms with Crippen LogP contribution in [0.3, 0.4) is 0 Å². The number of rotatable bonds is 2. The second kappa shape index (κ2) is 5.92. The van der Waals surface area contributed by atoms with Crippen molar-refractivity contribution in [2.24, 2.45) is 11.3 Å². The van der Waals surface area contributed by atoms with Crippen LogP contribution >= 0.6 is 0 Å². The van der Waals surface area contributed by atoms with Crippen LogP contribution in [0.15, 0.2) is 0 Å². The number of hydrogen-bond acceptors (Lipinski definition) is 3. The number of hydrogen-bond donors (Lipinski definition) is 1. The number of amides is 1. The van der Waals surface area contributed by atoms with Crippen molar-refractivity contribution in [3.05, 3.63) is 0 Å². The Kier molecular flexibility index (Phi) is 4.46. The molecule has 4 heteroatoms. The summed E-state index contributed by atoms with van der Waals surface area (Å²) in [6, 6.07) is 2.22. The van der Waals surface area contributed by atoms with Crippen LogP contribution in [0.25, 0.3) is 0 Å². The van der Waals surface area contributed by atoms with E-state index >= 15 is 0 Å². The molecule has 1 aliphatic carbocycles. The Morgan fingerprint density at radius 2 is 2.00 bits per heavy atom. The zero-order valence-electron chi connectivity index (χ0n) is 11.8. The summed E-state index contributed by atoms with van der Waals surface area (Å²) in [6.45, 7) is 2.77. The lowest BCUT2D eigenvalue weighted by Crippen LogP contribution is -2.47. The van der Waals surface area contributed by atoms with E-state index < -0.39 is 5.41 Å². The smallest absolute Gasteiger partial charge is 0.243 e. The van der Waals surface area contributed by atoms with Gasteiger partial charge in [-0.3, -0.25) is 4.79 Å². The standard InChI is InChI=1S/C15H24N2O2/c1-12-6-9-17(13(12)10-18)14(19)15(11-16)7-4-2-3-5-8-15/h12-13,18H,2-10H2,1H3. The minimum atomic E-state index is -0.825. The number of likely N-dealkylation sites (tertiary alicyclic amines) is 1. The van der Waals surface area contributed by atoms with E-state index in [1.165, 1.54) is 0 Å². The van der Waals surface area contributed by atoms with Crippen molar-refractivity contribution in [3.8, 4) is 6.07 Å². The zero-order valence-corrected chi connectivity index (χ0v) is 11.8. The normalized spacial score (nSPS) is 30.7. The lowest BCUT2D eigenvalue weighted by molar-refractivity contribution is -0.141. The van der Waals surface area contributed by atoms with Crippen molar-refractivity contribution >= 4 is 5.91 Å². The van der Waals surface area contributed by atoms with Crippen molar-refractivity contribution in [2.75, 3.05) is 13.2 Å². The minimum absolute atomic E-state index is 0.00835. The molecule has 2 aliphatic rings. The first kappa shape index (κ1) is 14.3. The average Bonchev–Trinajstić information content (AvgIpc) is 2.65. The maximum atomic E-state index is 12.8. The fourth-order valence-corrected chi connectivity index (χ4v) is 3.52. The number of aliphatic hydroxyl groups excluding tert-OH is 1. The largest absolute Gasteiger partial charge is 0.394 e. The molecule has 0 bridgehead atoms. The lowest BCUT2D eigenvalue weighted by Gasteiger charge is -2.33. The summed E-state index contributed by atoms with van der Waals surface area (Å²) < 4.78 is 0. The number of carbonyl (C=O) groups is 1. The van der Waals surface area contributed by atoms with Crippen LogP contribution in [-0.2, 0) is 4.79 Å². The van der Waals surface area contributed by atoms with Gasteiger partial charge in [0.15, 0.2) is 0 Å². The van der Waals surface area contributed by atoms with E-state index in [0.29, 0.717) is 25.3 Å². The SMILES string of the molecule is CC1CCN(C(=O)C2(C#N)CCCCCC2)C1CO. The second-order valence-corrected chi connectivity index (χ2v) is 6.12. The Morgan fingerprint density at radius 3 is 2.53 bits per heavy atom. The Balaban J connectivity index is 2.18. The van der Waals surface area contributed by atoms with Crippen LogP contribution in [0.5, 0.6) is 0 Å². The number of carbonyl (C=O) groups excluding carboxylic acids is 1. The Hall–Kier alpha value is -1.08. The first-order valence-corrected chi connectivity index (χ1v) is 7.48. The van der Waals surface area contributed by atoms with Gasteiger partial charge in [0, 0.05) is 6.54 Å². The van der Waals surface area contributed by atoms with E-state index in [0.717, 1.165) is 32.1 Å². The minimum Gasteiger partial charge on any atom is -0.394 e. The van der Waals surface area contributed by atoms with Gasteiger partial charge in [-0.25, -0.2) is 0 Å². The molecule has 1 aliphatic heterocycles. The molecule has 2 rings (SSSR count). The van der Waals surface area contributed by atoms with Gasteiger partial charge in [0.05, 0.1) is 18.7 Å². The van der Waals surface area contributed by atoms with Crippen molar-refractivity contribution < 1.29 is 9.90 Å². The van der Waals surface area contributed by atoms with Gasteiger partial charge in [0.25, 0.3) is 0 Å². The van der Waals surface area contributed by atoms with Gasteiger partial charge in [0.2, 0.25) is 5.91 Å². The fourth-order valence-electron chi connectivity index (χ4n) is 3.52. The number of nitriles is 1. The molecule has 1 saturated carbocycles. The molecule has 2 fully saturated rings. The average molecular weight is 264 g/mol. The quantitative estimate of drug-likeness (QED) is 0.777. The molecule has 19 heavy (non-hydrogen) atoms. The summed E-state index contributed by atoms with van der Waals surface area (Å²) in [5.41, 5.74) is -0.825. The molecule has 1 saturated heterocycles. The predicted octanol–water partition coefficient (Wildman–Crippen LogP) is 2.08. The van der Waals surface area contributed by atoms with Crippen molar-refractivity contribution in [1.29, 1.82) is 5.26 Å². The highest BCUT2D eigenvalue weighted by atomic mass is 16.3. The van der Waals surface area contributed by atoms with Crippen LogP contribution in [0.2, 0.25) is 0 Å². The van der Waals surface area contributed by atoms with E-state index in [-0.39, 0.29) is 18.6 Å². The van der Waals surface area contributed by atoms with Crippen molar-refractivity contribution in [2.45, 2.75) is 57.9 Å². The van der Waals surface area contributed by atoms with Gasteiger partial charge in [0.1, 0.15) is 5.41 Å². The molecule has 0 spiro atoms. The van der Waals surface area contributed by atoms with Gasteiger partial charge < -0.3 is 10.0 Å². The summed E-state index contributed by atoms with van der Waals surface area (Å²) >= 11 is 0. The Labute approximate surface area is 115 Å². The van der Waals surface area contributed by atoms with Crippen LogP contribution in [0.4, 0.5) is 0 Å². The lowest BCUT2D eigenvalue weighted by atomic mass is 9.80. The third-order valence-electron chi connectivity index (χ3n) is 4.91. The molecule has 1 heterocycles. The molecule has 0 aromatic heterocycles. The van der Waals surface area contributed by atoms with E-state index in [4.69, 9.17) is 0 Å². The van der Waals surface area contributed by atoms with Gasteiger partial charge in [-0.2, -0.15) is 5.26 Å². The molecule has 0 aromatic carbocycles. The molecular weight excluding hydrogens is 240 g/mol. The van der Waals surface area contributed by atoms with Gasteiger partial charge in [-0.05, 0) is 25.2 Å². The van der Waals surface area contributed by atoms with Crippen LogP contribution in [-0.4, -0.2) is 35.1 Å². The summed E-state index contributed by atoms with van der Waals surface area (Å²) in [7, 11) is 0. The van der Waals surface area contributed by atoms with E-state index in [2.05, 4.69) is 13.0 Å².